The summed E-state index contributed by atoms with van der Waals surface area (Å²) in [6.45, 7) is 1.88. The van der Waals surface area contributed by atoms with Crippen LogP contribution in [0.15, 0.2) is 48.5 Å². The van der Waals surface area contributed by atoms with Gasteiger partial charge in [-0.2, -0.15) is 0 Å². The molecule has 0 bridgehead atoms. The Morgan fingerprint density at radius 2 is 1.46 bits per heavy atom. The number of esters is 1. The Bertz CT molecular complexity index is 794. The summed E-state index contributed by atoms with van der Waals surface area (Å²) in [6, 6.07) is 15.6. The van der Waals surface area contributed by atoms with Gasteiger partial charge in [-0.15, -0.1) is 12.4 Å². The van der Waals surface area contributed by atoms with Crippen LogP contribution in [0.2, 0.25) is 0 Å². The summed E-state index contributed by atoms with van der Waals surface area (Å²) < 4.78 is 4.67. The summed E-state index contributed by atoms with van der Waals surface area (Å²) in [5.41, 5.74) is 9.49. The van der Waals surface area contributed by atoms with Gasteiger partial charge in [0.05, 0.1) is 7.11 Å². The summed E-state index contributed by atoms with van der Waals surface area (Å²) in [4.78, 5) is 27.8. The standard InChI is InChI=1S/C21H25N3O3.ClH/c1-27-20(25)12-7-16-3-8-18(9-4-16)23-13-2-14-24(21(23)26)19-10-5-17(15-22)6-11-19;/h3-6,8-11H,2,7,12-15,22H2,1H3;1H. The van der Waals surface area contributed by atoms with E-state index in [0.29, 0.717) is 32.5 Å². The lowest BCUT2D eigenvalue weighted by Gasteiger charge is -2.35. The van der Waals surface area contributed by atoms with Gasteiger partial charge in [-0.1, -0.05) is 24.3 Å². The molecule has 0 atom stereocenters. The molecule has 1 heterocycles. The topological polar surface area (TPSA) is 75.9 Å². The number of hydrogen-bond donors (Lipinski definition) is 1. The van der Waals surface area contributed by atoms with E-state index in [1.807, 2.05) is 48.5 Å². The normalized spacial score (nSPS) is 13.9. The number of nitrogens with two attached hydrogens (primary N) is 1. The molecule has 1 aliphatic rings. The molecule has 0 unspecified atom stereocenters. The molecule has 6 nitrogen and oxygen atoms in total. The highest BCUT2D eigenvalue weighted by Gasteiger charge is 2.27. The second-order valence-corrected chi connectivity index (χ2v) is 6.55. The van der Waals surface area contributed by atoms with Crippen molar-refractivity contribution in [1.29, 1.82) is 0 Å². The molecule has 0 radical (unpaired) electrons. The van der Waals surface area contributed by atoms with E-state index >= 15 is 0 Å². The Hall–Kier alpha value is -2.57. The number of carbonyl (C=O) groups excluding carboxylic acids is 2. The quantitative estimate of drug-likeness (QED) is 0.749. The fourth-order valence-corrected chi connectivity index (χ4v) is 3.21. The number of hydrogen-bond acceptors (Lipinski definition) is 4. The molecule has 1 fully saturated rings. The number of rotatable bonds is 6. The zero-order valence-corrected chi connectivity index (χ0v) is 16.8. The number of anilines is 2. The van der Waals surface area contributed by atoms with Gasteiger partial charge in [0.1, 0.15) is 0 Å². The van der Waals surface area contributed by atoms with Crippen molar-refractivity contribution in [3.05, 3.63) is 59.7 Å². The van der Waals surface area contributed by atoms with Crippen molar-refractivity contribution in [2.24, 2.45) is 5.73 Å². The van der Waals surface area contributed by atoms with E-state index in [-0.39, 0.29) is 24.4 Å². The first-order valence-electron chi connectivity index (χ1n) is 9.16. The van der Waals surface area contributed by atoms with Crippen LogP contribution in [-0.2, 0) is 22.5 Å². The van der Waals surface area contributed by atoms with Crippen molar-refractivity contribution < 1.29 is 14.3 Å². The van der Waals surface area contributed by atoms with Crippen LogP contribution in [-0.4, -0.2) is 32.2 Å². The van der Waals surface area contributed by atoms with Crippen LogP contribution < -0.4 is 15.5 Å². The lowest BCUT2D eigenvalue weighted by molar-refractivity contribution is -0.140. The molecule has 2 N–H and O–H groups in total. The number of aryl methyl sites for hydroxylation is 1. The SMILES string of the molecule is COC(=O)CCc1ccc(N2CCCN(c3ccc(CN)cc3)C2=O)cc1.Cl. The maximum absolute atomic E-state index is 13.0. The van der Waals surface area contributed by atoms with Crippen LogP contribution in [0, 0.1) is 0 Å². The van der Waals surface area contributed by atoms with Crippen LogP contribution in [0.4, 0.5) is 16.2 Å². The van der Waals surface area contributed by atoms with E-state index in [2.05, 4.69) is 4.74 Å². The Labute approximate surface area is 171 Å². The van der Waals surface area contributed by atoms with Crippen LogP contribution in [0.1, 0.15) is 24.0 Å². The van der Waals surface area contributed by atoms with E-state index in [1.54, 1.807) is 9.80 Å². The molecule has 28 heavy (non-hydrogen) atoms. The maximum Gasteiger partial charge on any atom is 0.328 e. The molecule has 0 aromatic heterocycles. The van der Waals surface area contributed by atoms with Crippen molar-refractivity contribution in [1.82, 2.24) is 0 Å². The molecule has 0 spiro atoms. The van der Waals surface area contributed by atoms with E-state index < -0.39 is 0 Å². The molecule has 0 aliphatic carbocycles. The third kappa shape index (κ3) is 5.03. The number of halogens is 1. The number of nitrogens with zero attached hydrogens (tertiary/aromatic N) is 2. The fourth-order valence-electron chi connectivity index (χ4n) is 3.21. The summed E-state index contributed by atoms with van der Waals surface area (Å²) in [5.74, 6) is -0.221. The molecule has 2 amide bonds. The molecule has 0 saturated carbocycles. The Kier molecular flexibility index (Phi) is 7.84. The first-order chi connectivity index (χ1) is 13.1. The van der Waals surface area contributed by atoms with Gasteiger partial charge in [0.15, 0.2) is 0 Å². The first kappa shape index (κ1) is 21.7. The molecule has 1 aliphatic heterocycles. The minimum atomic E-state index is -0.221. The number of ether oxygens (including phenoxy) is 1. The third-order valence-corrected chi connectivity index (χ3v) is 4.80. The zero-order chi connectivity index (χ0) is 19.2. The Morgan fingerprint density at radius 3 is 1.93 bits per heavy atom. The average Bonchev–Trinajstić information content (AvgIpc) is 2.73. The minimum Gasteiger partial charge on any atom is -0.469 e. The van der Waals surface area contributed by atoms with Crippen molar-refractivity contribution in [3.63, 3.8) is 0 Å². The molecule has 150 valence electrons. The van der Waals surface area contributed by atoms with Crippen LogP contribution >= 0.6 is 12.4 Å². The highest BCUT2D eigenvalue weighted by Crippen LogP contribution is 2.25. The monoisotopic (exact) mass is 403 g/mol. The average molecular weight is 404 g/mol. The lowest BCUT2D eigenvalue weighted by atomic mass is 10.1. The van der Waals surface area contributed by atoms with E-state index in [1.165, 1.54) is 7.11 Å². The minimum absolute atomic E-state index is 0. The highest BCUT2D eigenvalue weighted by atomic mass is 35.5. The van der Waals surface area contributed by atoms with Gasteiger partial charge in [-0.05, 0) is 48.2 Å². The van der Waals surface area contributed by atoms with Gasteiger partial charge >= 0.3 is 12.0 Å². The van der Waals surface area contributed by atoms with E-state index in [4.69, 9.17) is 5.73 Å². The predicted octanol–water partition coefficient (Wildman–Crippen LogP) is 3.51. The molecule has 3 rings (SSSR count). The molecule has 2 aromatic carbocycles. The summed E-state index contributed by atoms with van der Waals surface area (Å²) in [5, 5.41) is 0. The summed E-state index contributed by atoms with van der Waals surface area (Å²) >= 11 is 0. The van der Waals surface area contributed by atoms with E-state index in [0.717, 1.165) is 28.9 Å². The Balaban J connectivity index is 0.00000280. The molecule has 2 aromatic rings. The molecular weight excluding hydrogens is 378 g/mol. The van der Waals surface area contributed by atoms with Gasteiger partial charge in [0, 0.05) is 37.4 Å². The largest absolute Gasteiger partial charge is 0.469 e. The Morgan fingerprint density at radius 1 is 0.964 bits per heavy atom. The van der Waals surface area contributed by atoms with Crippen LogP contribution in [0.5, 0.6) is 0 Å². The number of urea groups is 1. The van der Waals surface area contributed by atoms with Gasteiger partial charge in [0.25, 0.3) is 0 Å². The van der Waals surface area contributed by atoms with Crippen molar-refractivity contribution in [2.75, 3.05) is 30.0 Å². The number of carbonyl (C=O) groups is 2. The number of amides is 2. The lowest BCUT2D eigenvalue weighted by Crippen LogP contribution is -2.49. The van der Waals surface area contributed by atoms with Crippen LogP contribution in [0.3, 0.4) is 0 Å². The zero-order valence-electron chi connectivity index (χ0n) is 16.0. The van der Waals surface area contributed by atoms with Gasteiger partial charge < -0.3 is 10.5 Å². The molecule has 1 saturated heterocycles. The summed E-state index contributed by atoms with van der Waals surface area (Å²) in [7, 11) is 1.39. The second kappa shape index (κ2) is 10.1. The van der Waals surface area contributed by atoms with Crippen molar-refractivity contribution in [3.8, 4) is 0 Å². The summed E-state index contributed by atoms with van der Waals surface area (Å²) in [6.07, 6.45) is 1.88. The van der Waals surface area contributed by atoms with Gasteiger partial charge in [0.2, 0.25) is 0 Å². The predicted molar refractivity (Wildman–Crippen MR) is 113 cm³/mol. The highest BCUT2D eigenvalue weighted by molar-refractivity contribution is 6.04. The van der Waals surface area contributed by atoms with Crippen molar-refractivity contribution in [2.45, 2.75) is 25.8 Å². The van der Waals surface area contributed by atoms with E-state index in [9.17, 15) is 9.59 Å². The molecular formula is C21H26ClN3O3. The number of benzene rings is 2. The number of methoxy groups -OCH3 is 1. The van der Waals surface area contributed by atoms with Gasteiger partial charge in [-0.3, -0.25) is 14.6 Å². The molecule has 7 heteroatoms. The third-order valence-electron chi connectivity index (χ3n) is 4.80. The smallest absolute Gasteiger partial charge is 0.328 e. The van der Waals surface area contributed by atoms with Crippen LogP contribution in [0.25, 0.3) is 0 Å². The fraction of sp³-hybridized carbons (Fsp3) is 0.333. The maximum atomic E-state index is 13.0. The van der Waals surface area contributed by atoms with Gasteiger partial charge in [-0.25, -0.2) is 4.79 Å². The first-order valence-corrected chi connectivity index (χ1v) is 9.16. The van der Waals surface area contributed by atoms with Crippen molar-refractivity contribution >= 4 is 35.8 Å². The second-order valence-electron chi connectivity index (χ2n) is 6.55.